The van der Waals surface area contributed by atoms with Crippen molar-refractivity contribution in [2.75, 3.05) is 7.05 Å². The molecule has 1 aliphatic heterocycles. The quantitative estimate of drug-likeness (QED) is 0.532. The molecular weight excluding hydrogens is 157 g/mol. The lowest BCUT2D eigenvalue weighted by Gasteiger charge is -2.17. The van der Waals surface area contributed by atoms with Crippen LogP contribution in [0.1, 0.15) is 6.42 Å². The largest absolute Gasteiger partial charge is 0.414 e. The summed E-state index contributed by atoms with van der Waals surface area (Å²) in [4.78, 5) is 0. The average molecular weight is 164 g/mol. The molecule has 5 heteroatoms. The molecule has 0 radical (unpaired) electrons. The number of allylic oxidation sites excluding steroid dienone is 1. The standard InChI is InChI=1S/C6H7F3N2/c1-11-4-5(2-3-10-11)6(7,8)9/h3-4H,2H2,1H3. The molecule has 0 N–H and O–H groups in total. The van der Waals surface area contributed by atoms with Gasteiger partial charge in [0.2, 0.25) is 0 Å². The van der Waals surface area contributed by atoms with Gasteiger partial charge in [0.25, 0.3) is 0 Å². The Hall–Kier alpha value is -1.00. The minimum absolute atomic E-state index is 0.131. The van der Waals surface area contributed by atoms with Crippen molar-refractivity contribution in [2.24, 2.45) is 5.10 Å². The van der Waals surface area contributed by atoms with Gasteiger partial charge in [-0.1, -0.05) is 0 Å². The molecule has 0 aromatic heterocycles. The van der Waals surface area contributed by atoms with Crippen LogP contribution in [0.15, 0.2) is 16.9 Å². The Bertz CT molecular complexity index is 204. The highest BCUT2D eigenvalue weighted by atomic mass is 19.4. The first-order chi connectivity index (χ1) is 5.00. The molecule has 0 atom stereocenters. The Kier molecular flexibility index (Phi) is 1.89. The number of hydrazone groups is 1. The van der Waals surface area contributed by atoms with Gasteiger partial charge in [0.05, 0.1) is 5.57 Å². The third kappa shape index (κ3) is 1.96. The van der Waals surface area contributed by atoms with Crippen LogP contribution in [-0.4, -0.2) is 24.4 Å². The van der Waals surface area contributed by atoms with Crippen LogP contribution >= 0.6 is 0 Å². The first-order valence-corrected chi connectivity index (χ1v) is 3.03. The van der Waals surface area contributed by atoms with Crippen molar-refractivity contribution in [3.8, 4) is 0 Å². The smallest absolute Gasteiger partial charge is 0.276 e. The van der Waals surface area contributed by atoms with Gasteiger partial charge in [0.15, 0.2) is 0 Å². The van der Waals surface area contributed by atoms with E-state index in [1.807, 2.05) is 0 Å². The molecule has 0 amide bonds. The first-order valence-electron chi connectivity index (χ1n) is 3.03. The van der Waals surface area contributed by atoms with Crippen LogP contribution in [0, 0.1) is 0 Å². The van der Waals surface area contributed by atoms with Gasteiger partial charge < -0.3 is 0 Å². The number of nitrogens with zero attached hydrogens (tertiary/aromatic N) is 2. The first kappa shape index (κ1) is 8.10. The lowest BCUT2D eigenvalue weighted by atomic mass is 10.2. The lowest BCUT2D eigenvalue weighted by Crippen LogP contribution is -2.19. The number of rotatable bonds is 0. The van der Waals surface area contributed by atoms with Crippen LogP contribution in [0.2, 0.25) is 0 Å². The van der Waals surface area contributed by atoms with Crippen molar-refractivity contribution >= 4 is 6.21 Å². The molecule has 0 saturated heterocycles. The van der Waals surface area contributed by atoms with Crippen molar-refractivity contribution in [2.45, 2.75) is 12.6 Å². The number of halogens is 3. The number of hydrogen-bond acceptors (Lipinski definition) is 2. The summed E-state index contributed by atoms with van der Waals surface area (Å²) >= 11 is 0. The summed E-state index contributed by atoms with van der Waals surface area (Å²) in [5, 5.41) is 4.77. The fourth-order valence-electron chi connectivity index (χ4n) is 0.768. The normalized spacial score (nSPS) is 18.5. The van der Waals surface area contributed by atoms with E-state index in [2.05, 4.69) is 5.10 Å². The van der Waals surface area contributed by atoms with E-state index < -0.39 is 11.7 Å². The Morgan fingerprint density at radius 2 is 2.18 bits per heavy atom. The van der Waals surface area contributed by atoms with Crippen molar-refractivity contribution in [3.05, 3.63) is 11.8 Å². The van der Waals surface area contributed by atoms with Crippen molar-refractivity contribution in [1.82, 2.24) is 5.01 Å². The van der Waals surface area contributed by atoms with Gasteiger partial charge in [0, 0.05) is 25.9 Å². The van der Waals surface area contributed by atoms with Gasteiger partial charge in [-0.05, 0) is 0 Å². The molecule has 0 saturated carbocycles. The van der Waals surface area contributed by atoms with E-state index in [9.17, 15) is 13.2 Å². The maximum atomic E-state index is 12.0. The molecule has 0 spiro atoms. The predicted octanol–water partition coefficient (Wildman–Crippen LogP) is 1.75. The van der Waals surface area contributed by atoms with Gasteiger partial charge in [-0.15, -0.1) is 0 Å². The molecule has 0 unspecified atom stereocenters. The van der Waals surface area contributed by atoms with Crippen molar-refractivity contribution in [3.63, 3.8) is 0 Å². The van der Waals surface area contributed by atoms with Crippen LogP contribution in [0.5, 0.6) is 0 Å². The monoisotopic (exact) mass is 164 g/mol. The molecular formula is C6H7F3N2. The Morgan fingerprint density at radius 3 is 2.55 bits per heavy atom. The van der Waals surface area contributed by atoms with E-state index in [0.717, 1.165) is 11.2 Å². The summed E-state index contributed by atoms with van der Waals surface area (Å²) in [6, 6.07) is 0. The van der Waals surface area contributed by atoms with Gasteiger partial charge in [-0.2, -0.15) is 18.3 Å². The summed E-state index contributed by atoms with van der Waals surface area (Å²) in [6.07, 6.45) is -2.13. The van der Waals surface area contributed by atoms with E-state index in [1.165, 1.54) is 13.3 Å². The highest BCUT2D eigenvalue weighted by molar-refractivity contribution is 5.62. The van der Waals surface area contributed by atoms with E-state index in [-0.39, 0.29) is 6.42 Å². The molecule has 0 bridgehead atoms. The summed E-state index contributed by atoms with van der Waals surface area (Å²) in [5.41, 5.74) is -0.560. The van der Waals surface area contributed by atoms with Crippen LogP contribution in [0.4, 0.5) is 13.2 Å². The van der Waals surface area contributed by atoms with Crippen molar-refractivity contribution in [1.29, 1.82) is 0 Å². The van der Waals surface area contributed by atoms with Crippen LogP contribution in [0.25, 0.3) is 0 Å². The third-order valence-corrected chi connectivity index (χ3v) is 1.28. The zero-order valence-electron chi connectivity index (χ0n) is 5.89. The molecule has 62 valence electrons. The molecule has 1 aliphatic rings. The highest BCUT2D eigenvalue weighted by Crippen LogP contribution is 2.28. The number of hydrogen-bond donors (Lipinski definition) is 0. The Morgan fingerprint density at radius 1 is 1.55 bits per heavy atom. The second-order valence-corrected chi connectivity index (χ2v) is 2.23. The molecule has 2 nitrogen and oxygen atoms in total. The van der Waals surface area contributed by atoms with E-state index >= 15 is 0 Å². The second-order valence-electron chi connectivity index (χ2n) is 2.23. The van der Waals surface area contributed by atoms with Crippen LogP contribution in [-0.2, 0) is 0 Å². The topological polar surface area (TPSA) is 15.6 Å². The predicted molar refractivity (Wildman–Crippen MR) is 35.0 cm³/mol. The molecule has 0 aromatic carbocycles. The number of alkyl halides is 3. The van der Waals surface area contributed by atoms with Crippen LogP contribution < -0.4 is 0 Å². The van der Waals surface area contributed by atoms with Crippen molar-refractivity contribution < 1.29 is 13.2 Å². The molecule has 1 heterocycles. The minimum Gasteiger partial charge on any atom is -0.276 e. The fourth-order valence-corrected chi connectivity index (χ4v) is 0.768. The van der Waals surface area contributed by atoms with Gasteiger partial charge >= 0.3 is 6.18 Å². The average Bonchev–Trinajstić information content (AvgIpc) is 1.86. The van der Waals surface area contributed by atoms with Gasteiger partial charge in [-0.25, -0.2) is 0 Å². The zero-order chi connectivity index (χ0) is 8.48. The van der Waals surface area contributed by atoms with E-state index in [1.54, 1.807) is 0 Å². The van der Waals surface area contributed by atoms with Crippen LogP contribution in [0.3, 0.4) is 0 Å². The zero-order valence-corrected chi connectivity index (χ0v) is 5.89. The lowest BCUT2D eigenvalue weighted by molar-refractivity contribution is -0.0938. The Labute approximate surface area is 62.0 Å². The molecule has 11 heavy (non-hydrogen) atoms. The second kappa shape index (κ2) is 2.56. The summed E-state index contributed by atoms with van der Waals surface area (Å²) in [7, 11) is 1.46. The molecule has 0 fully saturated rings. The maximum Gasteiger partial charge on any atom is 0.414 e. The molecule has 1 rings (SSSR count). The third-order valence-electron chi connectivity index (χ3n) is 1.28. The minimum atomic E-state index is -4.22. The summed E-state index contributed by atoms with van der Waals surface area (Å²) < 4.78 is 35.9. The Balaban J connectivity index is 2.75. The molecule has 0 aromatic rings. The SMILES string of the molecule is CN1C=C(C(F)(F)F)CC=N1. The van der Waals surface area contributed by atoms with Gasteiger partial charge in [0.1, 0.15) is 0 Å². The van der Waals surface area contributed by atoms with E-state index in [4.69, 9.17) is 0 Å². The fraction of sp³-hybridized carbons (Fsp3) is 0.500. The molecule has 0 aliphatic carbocycles. The summed E-state index contributed by atoms with van der Waals surface area (Å²) in [5.74, 6) is 0. The maximum absolute atomic E-state index is 12.0. The highest BCUT2D eigenvalue weighted by Gasteiger charge is 2.33. The summed E-state index contributed by atoms with van der Waals surface area (Å²) in [6.45, 7) is 0. The van der Waals surface area contributed by atoms with Gasteiger partial charge in [-0.3, -0.25) is 5.01 Å². The van der Waals surface area contributed by atoms with E-state index in [0.29, 0.717) is 0 Å².